The molecule has 0 fully saturated rings. The van der Waals surface area contributed by atoms with Gasteiger partial charge in [0.05, 0.1) is 33.4 Å². The Morgan fingerprint density at radius 2 is 2.00 bits per heavy atom. The highest BCUT2D eigenvalue weighted by molar-refractivity contribution is 7.07. The maximum absolute atomic E-state index is 14.0. The van der Waals surface area contributed by atoms with E-state index < -0.39 is 22.5 Å². The fourth-order valence-electron chi connectivity index (χ4n) is 4.73. The fraction of sp³-hybridized carbons (Fsp3) is 0.167. The number of carbonyl (C=O) groups excluding carboxylic acids is 1. The Kier molecular flexibility index (Phi) is 7.31. The predicted molar refractivity (Wildman–Crippen MR) is 152 cm³/mol. The monoisotopic (exact) mass is 553 g/mol. The van der Waals surface area contributed by atoms with Gasteiger partial charge in [-0.05, 0) is 42.3 Å². The van der Waals surface area contributed by atoms with Crippen LogP contribution in [0, 0.1) is 22.5 Å². The van der Waals surface area contributed by atoms with E-state index in [9.17, 15) is 19.7 Å². The van der Waals surface area contributed by atoms with Crippen molar-refractivity contribution in [3.05, 3.63) is 113 Å². The van der Waals surface area contributed by atoms with Crippen molar-refractivity contribution >= 4 is 39.8 Å². The average Bonchev–Trinajstić information content (AvgIpc) is 3.25. The number of terminal acetylenes is 1. The van der Waals surface area contributed by atoms with Crippen LogP contribution < -0.4 is 19.6 Å². The van der Waals surface area contributed by atoms with Crippen LogP contribution in [-0.4, -0.2) is 28.7 Å². The van der Waals surface area contributed by atoms with Crippen molar-refractivity contribution in [1.82, 2.24) is 4.57 Å². The first-order valence-electron chi connectivity index (χ1n) is 12.4. The largest absolute Gasteiger partial charge is 0.480 e. The number of carbonyl (C=O) groups is 1. The van der Waals surface area contributed by atoms with E-state index in [4.69, 9.17) is 15.9 Å². The van der Waals surface area contributed by atoms with Gasteiger partial charge in [0.15, 0.2) is 4.80 Å². The van der Waals surface area contributed by atoms with Crippen LogP contribution in [0.2, 0.25) is 0 Å². The van der Waals surface area contributed by atoms with Crippen LogP contribution in [0.3, 0.4) is 0 Å². The third kappa shape index (κ3) is 4.79. The molecule has 4 aromatic rings. The van der Waals surface area contributed by atoms with E-state index in [1.807, 2.05) is 42.5 Å². The number of nitro benzene ring substituents is 1. The number of nitrogens with zero attached hydrogens (tertiary/aromatic N) is 3. The summed E-state index contributed by atoms with van der Waals surface area (Å²) in [5.74, 6) is 2.11. The van der Waals surface area contributed by atoms with Gasteiger partial charge in [0.2, 0.25) is 0 Å². The minimum Gasteiger partial charge on any atom is -0.480 e. The summed E-state index contributed by atoms with van der Waals surface area (Å²) in [6, 6.07) is 16.7. The molecule has 0 spiro atoms. The molecule has 5 rings (SSSR count). The Hall–Kier alpha value is -5.01. The van der Waals surface area contributed by atoms with Crippen molar-refractivity contribution in [3.8, 4) is 18.1 Å². The maximum Gasteiger partial charge on any atom is 0.338 e. The van der Waals surface area contributed by atoms with Crippen molar-refractivity contribution < 1.29 is 19.2 Å². The van der Waals surface area contributed by atoms with Gasteiger partial charge in [-0.3, -0.25) is 19.5 Å². The second-order valence-corrected chi connectivity index (χ2v) is 9.85. The van der Waals surface area contributed by atoms with Gasteiger partial charge in [0, 0.05) is 17.7 Å². The molecule has 0 N–H and O–H groups in total. The van der Waals surface area contributed by atoms with Crippen molar-refractivity contribution in [2.75, 3.05) is 13.2 Å². The van der Waals surface area contributed by atoms with E-state index in [-0.39, 0.29) is 29.0 Å². The molecule has 1 atom stereocenters. The molecular weight excluding hydrogens is 530 g/mol. The standard InChI is InChI=1S/C30H23N3O6S/c1-4-15-39-24-14-13-21(33(36)37)16-20(24)17-25-28(34)32-27(23-12-8-10-19-9-6-7-11-22(19)23)26(29(35)38-5-2)18(3)31-30(32)40-25/h1,6-14,16-17,27H,5,15H2,2-3H3/b25-17+. The fourth-order valence-corrected chi connectivity index (χ4v) is 5.77. The van der Waals surface area contributed by atoms with E-state index in [1.165, 1.54) is 28.8 Å². The highest BCUT2D eigenvalue weighted by Gasteiger charge is 2.34. The molecule has 200 valence electrons. The summed E-state index contributed by atoms with van der Waals surface area (Å²) in [6.45, 7) is 3.54. The number of fused-ring (bicyclic) bond motifs is 2. The molecule has 10 heteroatoms. The number of ether oxygens (including phenoxy) is 2. The summed E-state index contributed by atoms with van der Waals surface area (Å²) in [5, 5.41) is 13.3. The van der Waals surface area contributed by atoms with Crippen LogP contribution in [0.1, 0.15) is 31.0 Å². The summed E-state index contributed by atoms with van der Waals surface area (Å²) in [5.41, 5.74) is 1.20. The highest BCUT2D eigenvalue weighted by Crippen LogP contribution is 2.35. The van der Waals surface area contributed by atoms with Gasteiger partial charge in [-0.1, -0.05) is 59.7 Å². The van der Waals surface area contributed by atoms with Crippen LogP contribution in [0.25, 0.3) is 16.8 Å². The average molecular weight is 554 g/mol. The summed E-state index contributed by atoms with van der Waals surface area (Å²) in [7, 11) is 0. The lowest BCUT2D eigenvalue weighted by Crippen LogP contribution is -2.40. The van der Waals surface area contributed by atoms with Crippen LogP contribution in [0.15, 0.2) is 81.7 Å². The van der Waals surface area contributed by atoms with Gasteiger partial charge < -0.3 is 9.47 Å². The van der Waals surface area contributed by atoms with Crippen molar-refractivity contribution in [3.63, 3.8) is 0 Å². The van der Waals surface area contributed by atoms with E-state index >= 15 is 0 Å². The zero-order chi connectivity index (χ0) is 28.4. The van der Waals surface area contributed by atoms with Crippen molar-refractivity contribution in [2.45, 2.75) is 19.9 Å². The lowest BCUT2D eigenvalue weighted by atomic mass is 9.91. The van der Waals surface area contributed by atoms with E-state index in [1.54, 1.807) is 13.8 Å². The van der Waals surface area contributed by atoms with Crippen LogP contribution in [0.4, 0.5) is 5.69 Å². The van der Waals surface area contributed by atoms with Gasteiger partial charge in [0.1, 0.15) is 12.4 Å². The number of aromatic nitrogens is 1. The second kappa shape index (κ2) is 11.0. The molecule has 9 nitrogen and oxygen atoms in total. The van der Waals surface area contributed by atoms with Gasteiger partial charge in [-0.2, -0.15) is 0 Å². The summed E-state index contributed by atoms with van der Waals surface area (Å²) in [4.78, 5) is 43.2. The van der Waals surface area contributed by atoms with E-state index in [2.05, 4.69) is 10.9 Å². The Balaban J connectivity index is 1.78. The summed E-state index contributed by atoms with van der Waals surface area (Å²) in [6.07, 6.45) is 6.85. The Morgan fingerprint density at radius 3 is 2.75 bits per heavy atom. The lowest BCUT2D eigenvalue weighted by Gasteiger charge is -2.25. The molecule has 1 unspecified atom stereocenters. The smallest absolute Gasteiger partial charge is 0.338 e. The Bertz CT molecular complexity index is 1920. The molecule has 40 heavy (non-hydrogen) atoms. The Morgan fingerprint density at radius 1 is 1.23 bits per heavy atom. The zero-order valence-corrected chi connectivity index (χ0v) is 22.4. The van der Waals surface area contributed by atoms with Crippen LogP contribution in [-0.2, 0) is 9.53 Å². The summed E-state index contributed by atoms with van der Waals surface area (Å²) < 4.78 is 12.7. The van der Waals surface area contributed by atoms with E-state index in [0.717, 1.165) is 27.7 Å². The minimum absolute atomic E-state index is 0.0525. The number of benzene rings is 3. The SMILES string of the molecule is C#CCOc1ccc([N+](=O)[O-])cc1/C=c1/sc2n(c1=O)C(c1cccc3ccccc13)C(C(=O)OCC)=C(C)N=2. The molecule has 0 radical (unpaired) electrons. The molecule has 2 heterocycles. The molecule has 3 aromatic carbocycles. The quantitative estimate of drug-likeness (QED) is 0.149. The number of non-ortho nitro benzene ring substituents is 1. The van der Waals surface area contributed by atoms with Gasteiger partial charge >= 0.3 is 5.97 Å². The van der Waals surface area contributed by atoms with Crippen molar-refractivity contribution in [1.29, 1.82) is 0 Å². The number of hydrogen-bond donors (Lipinski definition) is 0. The van der Waals surface area contributed by atoms with Crippen molar-refractivity contribution in [2.24, 2.45) is 4.99 Å². The maximum atomic E-state index is 14.0. The first kappa shape index (κ1) is 26.6. The number of rotatable bonds is 7. The topological polar surface area (TPSA) is 113 Å². The molecule has 1 aliphatic rings. The lowest BCUT2D eigenvalue weighted by molar-refractivity contribution is -0.384. The van der Waals surface area contributed by atoms with Crippen LogP contribution in [0.5, 0.6) is 5.75 Å². The third-order valence-electron chi connectivity index (χ3n) is 6.44. The van der Waals surface area contributed by atoms with Crippen LogP contribution >= 0.6 is 11.3 Å². The summed E-state index contributed by atoms with van der Waals surface area (Å²) >= 11 is 1.11. The minimum atomic E-state index is -0.800. The molecule has 0 bridgehead atoms. The predicted octanol–water partition coefficient (Wildman–Crippen LogP) is 3.87. The van der Waals surface area contributed by atoms with Gasteiger partial charge in [0.25, 0.3) is 11.2 Å². The third-order valence-corrected chi connectivity index (χ3v) is 7.42. The van der Waals surface area contributed by atoms with Gasteiger partial charge in [-0.25, -0.2) is 9.79 Å². The van der Waals surface area contributed by atoms with Gasteiger partial charge in [-0.15, -0.1) is 6.42 Å². The Labute approximate surface area is 232 Å². The normalized spacial score (nSPS) is 14.8. The van der Waals surface area contributed by atoms with E-state index in [0.29, 0.717) is 21.8 Å². The molecular formula is C30H23N3O6S. The zero-order valence-electron chi connectivity index (χ0n) is 21.6. The number of hydrogen-bond acceptors (Lipinski definition) is 8. The molecule has 0 amide bonds. The second-order valence-electron chi connectivity index (χ2n) is 8.84. The molecule has 0 saturated carbocycles. The number of thiazole rings is 1. The first-order valence-corrected chi connectivity index (χ1v) is 13.2. The molecule has 1 aromatic heterocycles. The molecule has 1 aliphatic heterocycles. The molecule has 0 aliphatic carbocycles. The first-order chi connectivity index (χ1) is 19.3. The number of esters is 1. The number of nitro groups is 1. The highest BCUT2D eigenvalue weighted by atomic mass is 32.1. The number of allylic oxidation sites excluding steroid dienone is 1. The molecule has 0 saturated heterocycles.